The molecule has 3 N–H and O–H groups in total. The Hall–Kier alpha value is -1.59. The molecule has 0 spiro atoms. The van der Waals surface area contributed by atoms with Gasteiger partial charge in [-0.25, -0.2) is 0 Å². The van der Waals surface area contributed by atoms with Crippen molar-refractivity contribution in [2.45, 2.75) is 13.8 Å². The van der Waals surface area contributed by atoms with Crippen molar-refractivity contribution in [3.8, 4) is 0 Å². The first-order valence-corrected chi connectivity index (χ1v) is 3.90. The molecule has 1 fully saturated rings. The van der Waals surface area contributed by atoms with Crippen LogP contribution in [0.15, 0.2) is 0 Å². The summed E-state index contributed by atoms with van der Waals surface area (Å²) in [6.45, 7) is 2.65. The second-order valence-corrected chi connectivity index (χ2v) is 3.91. The maximum absolute atomic E-state index is 10.8. The van der Waals surface area contributed by atoms with Crippen LogP contribution in [0.3, 0.4) is 0 Å². The Labute approximate surface area is 79.2 Å². The highest BCUT2D eigenvalue weighted by atomic mass is 16.4. The second kappa shape index (κ2) is 2.46. The average molecular weight is 202 g/mol. The predicted octanol–water partition coefficient (Wildman–Crippen LogP) is -0.117. The highest BCUT2D eigenvalue weighted by Gasteiger charge is 2.84. The summed E-state index contributed by atoms with van der Waals surface area (Å²) in [5.74, 6) is -5.95. The van der Waals surface area contributed by atoms with Crippen LogP contribution in [0.2, 0.25) is 0 Å². The number of hydrogen-bond donors (Lipinski definition) is 3. The van der Waals surface area contributed by atoms with Gasteiger partial charge >= 0.3 is 17.9 Å². The minimum Gasteiger partial charge on any atom is -0.481 e. The molecule has 0 bridgehead atoms. The summed E-state index contributed by atoms with van der Waals surface area (Å²) < 4.78 is 0. The predicted molar refractivity (Wildman–Crippen MR) is 42.6 cm³/mol. The SMILES string of the molecule is CC1(C)C(C(=O)O)C1(C(=O)O)C(=O)O. The van der Waals surface area contributed by atoms with E-state index in [0.29, 0.717) is 0 Å². The van der Waals surface area contributed by atoms with Crippen molar-refractivity contribution >= 4 is 17.9 Å². The molecule has 0 saturated heterocycles. The standard InChI is InChI=1S/C8H10O6/c1-7(2)3(4(9)10)8(7,5(11)12)6(13)14/h3H,1-2H3,(H,9,10)(H,11,12)(H,13,14). The van der Waals surface area contributed by atoms with E-state index in [-0.39, 0.29) is 0 Å². The number of hydrogen-bond acceptors (Lipinski definition) is 3. The fourth-order valence-electron chi connectivity index (χ4n) is 2.15. The Kier molecular flexibility index (Phi) is 1.84. The zero-order valence-electron chi connectivity index (χ0n) is 7.64. The summed E-state index contributed by atoms with van der Waals surface area (Å²) in [5.41, 5.74) is -3.44. The van der Waals surface area contributed by atoms with Crippen molar-refractivity contribution in [2.75, 3.05) is 0 Å². The molecule has 0 amide bonds. The van der Waals surface area contributed by atoms with Gasteiger partial charge in [0, 0.05) is 5.41 Å². The molecule has 1 unspecified atom stereocenters. The Bertz CT molecular complexity index is 315. The monoisotopic (exact) mass is 202 g/mol. The molecule has 0 aliphatic heterocycles. The van der Waals surface area contributed by atoms with E-state index in [1.165, 1.54) is 13.8 Å². The Balaban J connectivity index is 3.24. The molecule has 6 nitrogen and oxygen atoms in total. The summed E-state index contributed by atoms with van der Waals surface area (Å²) in [5, 5.41) is 26.3. The molecule has 6 heteroatoms. The molecular formula is C8H10O6. The van der Waals surface area contributed by atoms with Crippen molar-refractivity contribution in [1.29, 1.82) is 0 Å². The van der Waals surface area contributed by atoms with Crippen LogP contribution in [0.4, 0.5) is 0 Å². The lowest BCUT2D eigenvalue weighted by atomic mass is 9.96. The highest BCUT2D eigenvalue weighted by Crippen LogP contribution is 2.69. The zero-order chi connectivity index (χ0) is 11.3. The minimum atomic E-state index is -2.18. The third-order valence-electron chi connectivity index (χ3n) is 3.01. The molecule has 0 heterocycles. The maximum Gasteiger partial charge on any atom is 0.322 e. The zero-order valence-corrected chi connectivity index (χ0v) is 7.64. The molecule has 0 radical (unpaired) electrons. The topological polar surface area (TPSA) is 112 Å². The van der Waals surface area contributed by atoms with Gasteiger partial charge in [0.15, 0.2) is 5.41 Å². The summed E-state index contributed by atoms with van der Waals surface area (Å²) in [6, 6.07) is 0. The van der Waals surface area contributed by atoms with Gasteiger partial charge in [0.05, 0.1) is 5.92 Å². The largest absolute Gasteiger partial charge is 0.481 e. The van der Waals surface area contributed by atoms with Gasteiger partial charge in [0.1, 0.15) is 0 Å². The highest BCUT2D eigenvalue weighted by molar-refractivity contribution is 6.09. The van der Waals surface area contributed by atoms with Crippen LogP contribution < -0.4 is 0 Å². The van der Waals surface area contributed by atoms with Gasteiger partial charge in [-0.3, -0.25) is 14.4 Å². The lowest BCUT2D eigenvalue weighted by molar-refractivity contribution is -0.161. The molecule has 1 aliphatic carbocycles. The molecular weight excluding hydrogens is 192 g/mol. The maximum atomic E-state index is 10.8. The van der Waals surface area contributed by atoms with E-state index in [1.54, 1.807) is 0 Å². The molecule has 0 aromatic rings. The van der Waals surface area contributed by atoms with Crippen molar-refractivity contribution < 1.29 is 29.7 Å². The van der Waals surface area contributed by atoms with Crippen molar-refractivity contribution in [1.82, 2.24) is 0 Å². The van der Waals surface area contributed by atoms with Gasteiger partial charge < -0.3 is 15.3 Å². The number of carboxylic acid groups (broad SMARTS) is 3. The molecule has 1 atom stereocenters. The van der Waals surface area contributed by atoms with Crippen LogP contribution in [-0.4, -0.2) is 33.2 Å². The first-order valence-electron chi connectivity index (χ1n) is 3.90. The van der Waals surface area contributed by atoms with Crippen molar-refractivity contribution in [3.63, 3.8) is 0 Å². The summed E-state index contributed by atoms with van der Waals surface area (Å²) in [6.07, 6.45) is 0. The minimum absolute atomic E-state index is 1.25. The molecule has 0 aromatic carbocycles. The van der Waals surface area contributed by atoms with E-state index in [0.717, 1.165) is 0 Å². The Morgan fingerprint density at radius 1 is 1.00 bits per heavy atom. The van der Waals surface area contributed by atoms with E-state index < -0.39 is 34.7 Å². The average Bonchev–Trinajstić information content (AvgIpc) is 2.48. The number of aliphatic carboxylic acids is 3. The Morgan fingerprint density at radius 2 is 1.36 bits per heavy atom. The normalized spacial score (nSPS) is 26.6. The van der Waals surface area contributed by atoms with Crippen LogP contribution in [0.1, 0.15) is 13.8 Å². The third-order valence-corrected chi connectivity index (χ3v) is 3.01. The quantitative estimate of drug-likeness (QED) is 0.550. The fourth-order valence-corrected chi connectivity index (χ4v) is 2.15. The number of rotatable bonds is 3. The first kappa shape index (κ1) is 10.5. The molecule has 78 valence electrons. The first-order chi connectivity index (χ1) is 6.20. The second-order valence-electron chi connectivity index (χ2n) is 3.91. The molecule has 1 rings (SSSR count). The van der Waals surface area contributed by atoms with E-state index >= 15 is 0 Å². The lowest BCUT2D eigenvalue weighted by Crippen LogP contribution is -2.31. The van der Waals surface area contributed by atoms with Crippen LogP contribution in [0.25, 0.3) is 0 Å². The van der Waals surface area contributed by atoms with E-state index in [2.05, 4.69) is 0 Å². The summed E-state index contributed by atoms with van der Waals surface area (Å²) in [4.78, 5) is 32.3. The smallest absolute Gasteiger partial charge is 0.322 e. The van der Waals surface area contributed by atoms with E-state index in [9.17, 15) is 14.4 Å². The number of carbonyl (C=O) groups is 3. The fraction of sp³-hybridized carbons (Fsp3) is 0.625. The van der Waals surface area contributed by atoms with Gasteiger partial charge in [0.2, 0.25) is 0 Å². The van der Waals surface area contributed by atoms with Crippen LogP contribution in [0.5, 0.6) is 0 Å². The van der Waals surface area contributed by atoms with Crippen molar-refractivity contribution in [3.05, 3.63) is 0 Å². The van der Waals surface area contributed by atoms with Crippen LogP contribution >= 0.6 is 0 Å². The third kappa shape index (κ3) is 0.826. The van der Waals surface area contributed by atoms with Gasteiger partial charge in [-0.2, -0.15) is 0 Å². The van der Waals surface area contributed by atoms with E-state index in [1.807, 2.05) is 0 Å². The number of carboxylic acids is 3. The van der Waals surface area contributed by atoms with Gasteiger partial charge in [-0.05, 0) is 0 Å². The molecule has 1 saturated carbocycles. The summed E-state index contributed by atoms with van der Waals surface area (Å²) >= 11 is 0. The molecule has 1 aliphatic rings. The van der Waals surface area contributed by atoms with Crippen molar-refractivity contribution in [2.24, 2.45) is 16.7 Å². The van der Waals surface area contributed by atoms with Gasteiger partial charge in [0.25, 0.3) is 0 Å². The Morgan fingerprint density at radius 3 is 1.43 bits per heavy atom. The van der Waals surface area contributed by atoms with Crippen LogP contribution in [-0.2, 0) is 14.4 Å². The van der Waals surface area contributed by atoms with Gasteiger partial charge in [-0.15, -0.1) is 0 Å². The molecule has 14 heavy (non-hydrogen) atoms. The van der Waals surface area contributed by atoms with Gasteiger partial charge in [-0.1, -0.05) is 13.8 Å². The lowest BCUT2D eigenvalue weighted by Gasteiger charge is -2.08. The van der Waals surface area contributed by atoms with Crippen LogP contribution in [0, 0.1) is 16.7 Å². The molecule has 0 aromatic heterocycles. The summed E-state index contributed by atoms with van der Waals surface area (Å²) in [7, 11) is 0. The van der Waals surface area contributed by atoms with E-state index in [4.69, 9.17) is 15.3 Å².